The molecule has 4 rings (SSSR count). The molecule has 0 bridgehead atoms. The fourth-order valence-corrected chi connectivity index (χ4v) is 4.11. The SMILES string of the molecule is O=C(c1ccoc1)N1CCC2(CCN(Cc3ccccc3)CC2)C1. The van der Waals surface area contributed by atoms with Crippen molar-refractivity contribution in [3.8, 4) is 0 Å². The van der Waals surface area contributed by atoms with Gasteiger partial charge in [-0.15, -0.1) is 0 Å². The van der Waals surface area contributed by atoms with E-state index in [1.54, 1.807) is 18.6 Å². The Kier molecular flexibility index (Phi) is 4.15. The molecule has 0 N–H and O–H groups in total. The maximum Gasteiger partial charge on any atom is 0.257 e. The molecule has 0 saturated carbocycles. The van der Waals surface area contributed by atoms with Crippen LogP contribution in [0.15, 0.2) is 53.3 Å². The van der Waals surface area contributed by atoms with Gasteiger partial charge in [0.1, 0.15) is 6.26 Å². The first-order chi connectivity index (χ1) is 11.7. The van der Waals surface area contributed by atoms with Gasteiger partial charge in [0.15, 0.2) is 0 Å². The fraction of sp³-hybridized carbons (Fsp3) is 0.450. The van der Waals surface area contributed by atoms with Crippen molar-refractivity contribution >= 4 is 5.91 Å². The molecule has 1 aromatic carbocycles. The van der Waals surface area contributed by atoms with E-state index < -0.39 is 0 Å². The molecule has 4 heteroatoms. The Labute approximate surface area is 143 Å². The summed E-state index contributed by atoms with van der Waals surface area (Å²) in [5.41, 5.74) is 2.39. The highest BCUT2D eigenvalue weighted by molar-refractivity contribution is 5.94. The van der Waals surface area contributed by atoms with E-state index in [4.69, 9.17) is 4.42 Å². The van der Waals surface area contributed by atoms with Gasteiger partial charge in [0.25, 0.3) is 5.91 Å². The van der Waals surface area contributed by atoms with Crippen LogP contribution in [0.2, 0.25) is 0 Å². The highest BCUT2D eigenvalue weighted by atomic mass is 16.3. The van der Waals surface area contributed by atoms with Gasteiger partial charge in [-0.25, -0.2) is 0 Å². The first-order valence-corrected chi connectivity index (χ1v) is 8.82. The topological polar surface area (TPSA) is 36.7 Å². The van der Waals surface area contributed by atoms with E-state index in [2.05, 4.69) is 35.2 Å². The number of carbonyl (C=O) groups excluding carboxylic acids is 1. The van der Waals surface area contributed by atoms with Crippen LogP contribution in [0, 0.1) is 5.41 Å². The summed E-state index contributed by atoms with van der Waals surface area (Å²) in [5.74, 6) is 0.118. The zero-order valence-corrected chi connectivity index (χ0v) is 14.0. The van der Waals surface area contributed by atoms with E-state index in [0.29, 0.717) is 11.0 Å². The largest absolute Gasteiger partial charge is 0.472 e. The van der Waals surface area contributed by atoms with Crippen LogP contribution in [0.3, 0.4) is 0 Å². The lowest BCUT2D eigenvalue weighted by atomic mass is 9.77. The van der Waals surface area contributed by atoms with Crippen LogP contribution < -0.4 is 0 Å². The maximum atomic E-state index is 12.5. The van der Waals surface area contributed by atoms with Crippen molar-refractivity contribution in [3.63, 3.8) is 0 Å². The van der Waals surface area contributed by atoms with Gasteiger partial charge in [-0.2, -0.15) is 0 Å². The van der Waals surface area contributed by atoms with Gasteiger partial charge in [-0.1, -0.05) is 30.3 Å². The monoisotopic (exact) mass is 324 g/mol. The number of likely N-dealkylation sites (tertiary alicyclic amines) is 2. The van der Waals surface area contributed by atoms with Gasteiger partial charge in [0, 0.05) is 19.6 Å². The summed E-state index contributed by atoms with van der Waals surface area (Å²) < 4.78 is 5.05. The predicted octanol–water partition coefficient (Wildman–Crippen LogP) is 3.41. The molecule has 1 amide bonds. The average molecular weight is 324 g/mol. The molecule has 2 saturated heterocycles. The highest BCUT2D eigenvalue weighted by Crippen LogP contribution is 2.41. The summed E-state index contributed by atoms with van der Waals surface area (Å²) >= 11 is 0. The molecule has 2 aliphatic heterocycles. The van der Waals surface area contributed by atoms with E-state index >= 15 is 0 Å². The molecule has 0 radical (unpaired) electrons. The molecule has 2 aromatic rings. The summed E-state index contributed by atoms with van der Waals surface area (Å²) in [6.45, 7) is 5.07. The summed E-state index contributed by atoms with van der Waals surface area (Å²) in [6, 6.07) is 12.4. The summed E-state index contributed by atoms with van der Waals surface area (Å²) in [7, 11) is 0. The minimum Gasteiger partial charge on any atom is -0.472 e. The molecule has 0 unspecified atom stereocenters. The standard InChI is InChI=1S/C20H24N2O2/c23-19(18-6-13-24-15-18)22-12-9-20(16-22)7-10-21(11-8-20)14-17-4-2-1-3-5-17/h1-6,13,15H,7-12,14,16H2. The van der Waals surface area contributed by atoms with Crippen molar-refractivity contribution in [2.45, 2.75) is 25.8 Å². The van der Waals surface area contributed by atoms with Crippen LogP contribution >= 0.6 is 0 Å². The molecule has 3 heterocycles. The highest BCUT2D eigenvalue weighted by Gasteiger charge is 2.42. The number of hydrogen-bond donors (Lipinski definition) is 0. The van der Waals surface area contributed by atoms with Gasteiger partial charge in [-0.3, -0.25) is 9.69 Å². The van der Waals surface area contributed by atoms with Crippen molar-refractivity contribution in [3.05, 3.63) is 60.1 Å². The number of carbonyl (C=O) groups is 1. The van der Waals surface area contributed by atoms with Gasteiger partial charge in [0.2, 0.25) is 0 Å². The minimum absolute atomic E-state index is 0.118. The maximum absolute atomic E-state index is 12.5. The van der Waals surface area contributed by atoms with Crippen molar-refractivity contribution in [1.29, 1.82) is 0 Å². The Balaban J connectivity index is 1.33. The van der Waals surface area contributed by atoms with Crippen molar-refractivity contribution in [1.82, 2.24) is 9.80 Å². The molecule has 126 valence electrons. The second-order valence-electron chi connectivity index (χ2n) is 7.25. The van der Waals surface area contributed by atoms with E-state index in [0.717, 1.165) is 39.1 Å². The van der Waals surface area contributed by atoms with Gasteiger partial charge in [-0.05, 0) is 49.4 Å². The molecule has 0 aliphatic carbocycles. The molecule has 4 nitrogen and oxygen atoms in total. The molecule has 2 fully saturated rings. The van der Waals surface area contributed by atoms with Crippen LogP contribution in [-0.2, 0) is 6.54 Å². The third-order valence-corrected chi connectivity index (χ3v) is 5.66. The van der Waals surface area contributed by atoms with Crippen LogP contribution in [0.1, 0.15) is 35.2 Å². The fourth-order valence-electron chi connectivity index (χ4n) is 4.11. The van der Waals surface area contributed by atoms with Gasteiger partial charge in [0.05, 0.1) is 11.8 Å². The second-order valence-corrected chi connectivity index (χ2v) is 7.25. The quantitative estimate of drug-likeness (QED) is 0.868. The van der Waals surface area contributed by atoms with E-state index in [1.165, 1.54) is 18.4 Å². The van der Waals surface area contributed by atoms with E-state index in [9.17, 15) is 4.79 Å². The van der Waals surface area contributed by atoms with Crippen LogP contribution in [0.5, 0.6) is 0 Å². The zero-order valence-electron chi connectivity index (χ0n) is 14.0. The number of amides is 1. The van der Waals surface area contributed by atoms with Gasteiger partial charge >= 0.3 is 0 Å². The normalized spacial score (nSPS) is 20.6. The van der Waals surface area contributed by atoms with Crippen LogP contribution in [0.4, 0.5) is 0 Å². The van der Waals surface area contributed by atoms with Crippen molar-refractivity contribution in [2.75, 3.05) is 26.2 Å². The number of furan rings is 1. The number of piperidine rings is 1. The third kappa shape index (κ3) is 3.11. The second kappa shape index (κ2) is 6.44. The number of benzene rings is 1. The van der Waals surface area contributed by atoms with Crippen molar-refractivity contribution in [2.24, 2.45) is 5.41 Å². The Morgan fingerprint density at radius 1 is 1.04 bits per heavy atom. The van der Waals surface area contributed by atoms with Crippen molar-refractivity contribution < 1.29 is 9.21 Å². The average Bonchev–Trinajstić information content (AvgIpc) is 3.28. The summed E-state index contributed by atoms with van der Waals surface area (Å²) in [5, 5.41) is 0. The minimum atomic E-state index is 0.118. The van der Waals surface area contributed by atoms with Crippen LogP contribution in [0.25, 0.3) is 0 Å². The predicted molar refractivity (Wildman–Crippen MR) is 92.6 cm³/mol. The lowest BCUT2D eigenvalue weighted by Gasteiger charge is -2.39. The number of nitrogens with zero attached hydrogens (tertiary/aromatic N) is 2. The lowest BCUT2D eigenvalue weighted by molar-refractivity contribution is 0.0713. The first-order valence-electron chi connectivity index (χ1n) is 8.82. The zero-order chi connectivity index (χ0) is 16.4. The number of rotatable bonds is 3. The van der Waals surface area contributed by atoms with Crippen LogP contribution in [-0.4, -0.2) is 41.9 Å². The smallest absolute Gasteiger partial charge is 0.257 e. The summed E-state index contributed by atoms with van der Waals surface area (Å²) in [6.07, 6.45) is 6.64. The molecule has 1 spiro atoms. The molecule has 24 heavy (non-hydrogen) atoms. The third-order valence-electron chi connectivity index (χ3n) is 5.66. The first kappa shape index (κ1) is 15.5. The Morgan fingerprint density at radius 2 is 1.79 bits per heavy atom. The summed E-state index contributed by atoms with van der Waals surface area (Å²) in [4.78, 5) is 17.0. The van der Waals surface area contributed by atoms with E-state index in [1.807, 2.05) is 4.90 Å². The lowest BCUT2D eigenvalue weighted by Crippen LogP contribution is -2.41. The Morgan fingerprint density at radius 3 is 2.50 bits per heavy atom. The molecule has 1 aromatic heterocycles. The molecule has 2 aliphatic rings. The molecule has 0 atom stereocenters. The van der Waals surface area contributed by atoms with Gasteiger partial charge < -0.3 is 9.32 Å². The molecular weight excluding hydrogens is 300 g/mol. The number of hydrogen-bond acceptors (Lipinski definition) is 3. The Hall–Kier alpha value is -2.07. The Bertz CT molecular complexity index is 673. The molecular formula is C20H24N2O2. The van der Waals surface area contributed by atoms with E-state index in [-0.39, 0.29) is 5.91 Å².